The lowest BCUT2D eigenvalue weighted by Gasteiger charge is -2.19. The van der Waals surface area contributed by atoms with Gasteiger partial charge in [-0.15, -0.1) is 0 Å². The summed E-state index contributed by atoms with van der Waals surface area (Å²) < 4.78 is 1.51. The van der Waals surface area contributed by atoms with Crippen LogP contribution in [0.15, 0.2) is 66.5 Å². The maximum absolute atomic E-state index is 12.9. The van der Waals surface area contributed by atoms with Crippen LogP contribution in [0, 0.1) is 5.92 Å². The molecule has 144 valence electrons. The summed E-state index contributed by atoms with van der Waals surface area (Å²) in [5.41, 5.74) is 2.01. The fourth-order valence-corrected chi connectivity index (χ4v) is 2.80. The Kier molecular flexibility index (Phi) is 4.89. The van der Waals surface area contributed by atoms with Crippen molar-refractivity contribution in [1.29, 1.82) is 0 Å². The Morgan fingerprint density at radius 2 is 2.07 bits per heavy atom. The van der Waals surface area contributed by atoms with Gasteiger partial charge in [-0.2, -0.15) is 5.10 Å². The molecule has 0 radical (unpaired) electrons. The van der Waals surface area contributed by atoms with Gasteiger partial charge < -0.3 is 10.6 Å². The first-order valence-corrected chi connectivity index (χ1v) is 8.68. The number of rotatable bonds is 4. The molecule has 29 heavy (non-hydrogen) atoms. The Hall–Kier alpha value is -4.21. The molecule has 0 bridgehead atoms. The minimum absolute atomic E-state index is 0.285. The lowest BCUT2D eigenvalue weighted by atomic mass is 9.98. The molecule has 0 spiro atoms. The first-order valence-electron chi connectivity index (χ1n) is 8.68. The second kappa shape index (κ2) is 7.80. The largest absolute Gasteiger partial charge is 0.332 e. The number of nitrogens with zero attached hydrogens (tertiary/aromatic N) is 6. The van der Waals surface area contributed by atoms with Gasteiger partial charge in [0.1, 0.15) is 17.8 Å². The van der Waals surface area contributed by atoms with Crippen molar-refractivity contribution in [3.63, 3.8) is 0 Å². The topological polar surface area (TPSA) is 127 Å². The van der Waals surface area contributed by atoms with Gasteiger partial charge in [-0.3, -0.25) is 19.3 Å². The van der Waals surface area contributed by atoms with Crippen molar-refractivity contribution in [3.05, 3.63) is 61.5 Å². The van der Waals surface area contributed by atoms with Crippen molar-refractivity contribution in [1.82, 2.24) is 30.0 Å². The number of nitrogens with one attached hydrogen (secondary N) is 2. The van der Waals surface area contributed by atoms with Gasteiger partial charge in [0.15, 0.2) is 5.92 Å². The van der Waals surface area contributed by atoms with E-state index >= 15 is 0 Å². The quantitative estimate of drug-likeness (QED) is 0.648. The van der Waals surface area contributed by atoms with Crippen molar-refractivity contribution in [3.8, 4) is 11.4 Å². The lowest BCUT2D eigenvalue weighted by molar-refractivity contribution is -0.129. The number of aliphatic imine (C=N–C) groups is 1. The van der Waals surface area contributed by atoms with E-state index in [9.17, 15) is 9.59 Å². The van der Waals surface area contributed by atoms with Crippen LogP contribution in [0.5, 0.6) is 0 Å². The van der Waals surface area contributed by atoms with E-state index in [1.807, 2.05) is 18.2 Å². The molecule has 0 saturated heterocycles. The monoisotopic (exact) mass is 388 g/mol. The number of pyridine rings is 1. The first-order chi connectivity index (χ1) is 14.1. The summed E-state index contributed by atoms with van der Waals surface area (Å²) in [6, 6.07) is 7.17. The van der Waals surface area contributed by atoms with E-state index in [-0.39, 0.29) is 5.71 Å². The summed E-state index contributed by atoms with van der Waals surface area (Å²) >= 11 is 0. The van der Waals surface area contributed by atoms with Crippen LogP contribution < -0.4 is 10.6 Å². The molecule has 0 fully saturated rings. The van der Waals surface area contributed by atoms with Crippen LogP contribution in [0.25, 0.3) is 11.4 Å². The van der Waals surface area contributed by atoms with Gasteiger partial charge in [0.2, 0.25) is 11.8 Å². The van der Waals surface area contributed by atoms with E-state index in [1.54, 1.807) is 25.4 Å². The number of carbonyl (C=O) groups is 2. The van der Waals surface area contributed by atoms with Crippen LogP contribution in [-0.4, -0.2) is 42.3 Å². The zero-order chi connectivity index (χ0) is 20.2. The maximum Gasteiger partial charge on any atom is 0.244 e. The number of hydrogen-bond acceptors (Lipinski definition) is 7. The summed E-state index contributed by atoms with van der Waals surface area (Å²) in [7, 11) is 1.69. The van der Waals surface area contributed by atoms with Crippen molar-refractivity contribution in [2.24, 2.45) is 18.0 Å². The zero-order valence-corrected chi connectivity index (χ0v) is 15.4. The third kappa shape index (κ3) is 3.90. The number of anilines is 1. The Bertz CT molecular complexity index is 1110. The van der Waals surface area contributed by atoms with Crippen LogP contribution in [0.4, 0.5) is 11.5 Å². The van der Waals surface area contributed by atoms with Gasteiger partial charge in [0.05, 0.1) is 29.5 Å². The van der Waals surface area contributed by atoms with Crippen LogP contribution in [0.2, 0.25) is 0 Å². The summed E-state index contributed by atoms with van der Waals surface area (Å²) in [4.78, 5) is 41.6. The zero-order valence-electron chi connectivity index (χ0n) is 15.4. The average molecular weight is 388 g/mol. The van der Waals surface area contributed by atoms with E-state index in [4.69, 9.17) is 0 Å². The average Bonchev–Trinajstić information content (AvgIpc) is 3.10. The second-order valence-electron chi connectivity index (χ2n) is 6.15. The molecule has 4 heterocycles. The third-order valence-corrected chi connectivity index (χ3v) is 4.16. The van der Waals surface area contributed by atoms with Crippen LogP contribution in [0.1, 0.15) is 0 Å². The normalized spacial score (nSPS) is 17.2. The van der Waals surface area contributed by atoms with E-state index in [2.05, 4.69) is 35.7 Å². The summed E-state index contributed by atoms with van der Waals surface area (Å²) in [6.07, 6.45) is 9.04. The molecule has 10 nitrogen and oxygen atoms in total. The van der Waals surface area contributed by atoms with Gasteiger partial charge in [0, 0.05) is 25.5 Å². The molecule has 2 N–H and O–H groups in total. The minimum Gasteiger partial charge on any atom is -0.332 e. The number of aryl methyl sites for hydroxylation is 1. The Balaban J connectivity index is 1.60. The SMILES string of the molecule is Cn1nc(-c2ccccn2)cc1NC(=O)C1C(=O)NC=CC1=Nc1cncnc1. The Morgan fingerprint density at radius 3 is 2.83 bits per heavy atom. The molecule has 3 aromatic heterocycles. The number of amides is 2. The van der Waals surface area contributed by atoms with Gasteiger partial charge in [-0.25, -0.2) is 15.0 Å². The molecule has 0 aromatic carbocycles. The van der Waals surface area contributed by atoms with Crippen LogP contribution >= 0.6 is 0 Å². The van der Waals surface area contributed by atoms with Gasteiger partial charge in [-0.05, 0) is 18.2 Å². The fourth-order valence-electron chi connectivity index (χ4n) is 2.80. The molecule has 3 aromatic rings. The van der Waals surface area contributed by atoms with Gasteiger partial charge in [0.25, 0.3) is 0 Å². The number of aromatic nitrogens is 5. The van der Waals surface area contributed by atoms with E-state index < -0.39 is 17.7 Å². The third-order valence-electron chi connectivity index (χ3n) is 4.16. The molecule has 1 atom stereocenters. The van der Waals surface area contributed by atoms with E-state index in [0.717, 1.165) is 0 Å². The Labute approximate surface area is 165 Å². The first kappa shape index (κ1) is 18.2. The molecule has 0 aliphatic carbocycles. The number of hydrogen-bond donors (Lipinski definition) is 2. The molecule has 1 aliphatic heterocycles. The van der Waals surface area contributed by atoms with E-state index in [1.165, 1.54) is 29.6 Å². The van der Waals surface area contributed by atoms with E-state index in [0.29, 0.717) is 22.9 Å². The Morgan fingerprint density at radius 1 is 1.24 bits per heavy atom. The molecular weight excluding hydrogens is 372 g/mol. The van der Waals surface area contributed by atoms with Crippen LogP contribution in [0.3, 0.4) is 0 Å². The standard InChI is InChI=1S/C19H16N8O2/c1-27-16(8-15(26-27)13-4-2-3-6-22-13)25-19(29)17-14(5-7-23-18(17)28)24-12-9-20-11-21-10-12/h2-11,17H,1H3,(H,23,28)(H,25,29). The van der Waals surface area contributed by atoms with Crippen LogP contribution in [-0.2, 0) is 16.6 Å². The molecular formula is C19H16N8O2. The van der Waals surface area contributed by atoms with Crippen molar-refractivity contribution in [2.75, 3.05) is 5.32 Å². The van der Waals surface area contributed by atoms with Crippen molar-refractivity contribution < 1.29 is 9.59 Å². The summed E-state index contributed by atoms with van der Waals surface area (Å²) in [5, 5.41) is 9.64. The molecule has 1 unspecified atom stereocenters. The molecule has 0 saturated carbocycles. The number of carbonyl (C=O) groups excluding carboxylic acids is 2. The lowest BCUT2D eigenvalue weighted by Crippen LogP contribution is -2.43. The second-order valence-corrected chi connectivity index (χ2v) is 6.15. The maximum atomic E-state index is 12.9. The van der Waals surface area contributed by atoms with Gasteiger partial charge >= 0.3 is 0 Å². The molecule has 2 amide bonds. The number of allylic oxidation sites excluding steroid dienone is 1. The predicted molar refractivity (Wildman–Crippen MR) is 105 cm³/mol. The van der Waals surface area contributed by atoms with Crippen molar-refractivity contribution >= 4 is 29.0 Å². The summed E-state index contributed by atoms with van der Waals surface area (Å²) in [6.45, 7) is 0. The molecule has 1 aliphatic rings. The predicted octanol–water partition coefficient (Wildman–Crippen LogP) is 1.24. The highest BCUT2D eigenvalue weighted by molar-refractivity contribution is 6.27. The van der Waals surface area contributed by atoms with Gasteiger partial charge in [-0.1, -0.05) is 6.07 Å². The summed E-state index contributed by atoms with van der Waals surface area (Å²) in [5.74, 6) is -1.71. The fraction of sp³-hybridized carbons (Fsp3) is 0.105. The highest BCUT2D eigenvalue weighted by atomic mass is 16.2. The minimum atomic E-state index is -1.13. The highest BCUT2D eigenvalue weighted by Crippen LogP contribution is 2.21. The smallest absolute Gasteiger partial charge is 0.244 e. The molecule has 10 heteroatoms. The van der Waals surface area contributed by atoms with Crippen molar-refractivity contribution in [2.45, 2.75) is 0 Å². The highest BCUT2D eigenvalue weighted by Gasteiger charge is 2.33. The molecule has 4 rings (SSSR count).